The van der Waals surface area contributed by atoms with Crippen LogP contribution in [0.3, 0.4) is 0 Å². The van der Waals surface area contributed by atoms with Crippen LogP contribution in [-0.4, -0.2) is 36.8 Å². The molecule has 1 atom stereocenters. The average molecular weight is 326 g/mol. The maximum absolute atomic E-state index is 11.7. The molecule has 0 radical (unpaired) electrons. The molecule has 0 saturated carbocycles. The number of methoxy groups -OCH3 is 1. The molecule has 1 aromatic carbocycles. The summed E-state index contributed by atoms with van der Waals surface area (Å²) >= 11 is 0. The predicted octanol–water partition coefficient (Wildman–Crippen LogP) is 1.75. The molecule has 0 aliphatic carbocycles. The van der Waals surface area contributed by atoms with Crippen molar-refractivity contribution in [1.82, 2.24) is 5.32 Å². The Morgan fingerprint density at radius 1 is 1.32 bits per heavy atom. The van der Waals surface area contributed by atoms with Gasteiger partial charge in [0, 0.05) is 0 Å². The predicted molar refractivity (Wildman–Crippen MR) is 79.4 cm³/mol. The van der Waals surface area contributed by atoms with Gasteiger partial charge in [0.2, 0.25) is 6.35 Å². The number of hydrogen-bond donors (Lipinski definition) is 2. The Hall–Kier alpha value is -2.24. The highest BCUT2D eigenvalue weighted by molar-refractivity contribution is 7.44. The van der Waals surface area contributed by atoms with Gasteiger partial charge in [-0.25, -0.2) is 9.59 Å². The van der Waals surface area contributed by atoms with Crippen molar-refractivity contribution in [2.45, 2.75) is 6.61 Å². The number of alkyl carbamates (subject to hydrolysis) is 1. The van der Waals surface area contributed by atoms with E-state index in [1.165, 1.54) is 6.08 Å². The molecule has 0 spiro atoms. The van der Waals surface area contributed by atoms with Gasteiger partial charge in [0.1, 0.15) is 12.3 Å². The van der Waals surface area contributed by atoms with Crippen LogP contribution >= 0.6 is 7.80 Å². The van der Waals surface area contributed by atoms with Crippen LogP contribution in [-0.2, 0) is 25.4 Å². The summed E-state index contributed by atoms with van der Waals surface area (Å²) in [4.78, 5) is 23.2. The molecule has 8 heteroatoms. The number of carbonyl (C=O) groups is 2. The minimum atomic E-state index is -1.88. The van der Waals surface area contributed by atoms with Gasteiger partial charge >= 0.3 is 19.9 Å². The SMILES string of the molecule is COC(=O)C(=CC[P+](=O)CO)NC(=O)OCc1ccccc1. The maximum atomic E-state index is 11.7. The normalized spacial score (nSPS) is 11.5. The Kier molecular flexibility index (Phi) is 7.81. The quantitative estimate of drug-likeness (QED) is 0.450. The van der Waals surface area contributed by atoms with Gasteiger partial charge in [0.25, 0.3) is 0 Å². The lowest BCUT2D eigenvalue weighted by atomic mass is 10.2. The van der Waals surface area contributed by atoms with Gasteiger partial charge in [-0.1, -0.05) is 34.9 Å². The monoisotopic (exact) mass is 326 g/mol. The van der Waals surface area contributed by atoms with E-state index in [2.05, 4.69) is 10.1 Å². The molecule has 118 valence electrons. The molecule has 0 aliphatic heterocycles. The van der Waals surface area contributed by atoms with Gasteiger partial charge in [0.15, 0.2) is 6.16 Å². The van der Waals surface area contributed by atoms with Crippen LogP contribution in [0.1, 0.15) is 5.56 Å². The van der Waals surface area contributed by atoms with E-state index < -0.39 is 26.2 Å². The van der Waals surface area contributed by atoms with E-state index in [9.17, 15) is 14.2 Å². The van der Waals surface area contributed by atoms with Crippen LogP contribution in [0.15, 0.2) is 42.1 Å². The van der Waals surface area contributed by atoms with Gasteiger partial charge in [-0.05, 0) is 11.6 Å². The fraction of sp³-hybridized carbons (Fsp3) is 0.286. The van der Waals surface area contributed by atoms with Crippen molar-refractivity contribution < 1.29 is 28.7 Å². The highest BCUT2D eigenvalue weighted by Crippen LogP contribution is 2.18. The molecule has 1 amide bonds. The number of aliphatic hydroxyl groups is 1. The standard InChI is InChI=1S/C14H16NO6P/c1-20-13(17)12(7-8-22(19)10-16)15-14(18)21-9-11-5-3-2-4-6-11/h2-7,16H,8-10H2,1H3/p+1. The zero-order chi connectivity index (χ0) is 16.4. The second kappa shape index (κ2) is 9.65. The largest absolute Gasteiger partial charge is 0.464 e. The minimum absolute atomic E-state index is 0.0476. The van der Waals surface area contributed by atoms with Crippen LogP contribution in [0, 0.1) is 0 Å². The number of nitrogens with one attached hydrogen (secondary N) is 1. The van der Waals surface area contributed by atoms with Crippen molar-refractivity contribution in [2.75, 3.05) is 19.6 Å². The molecule has 7 nitrogen and oxygen atoms in total. The third kappa shape index (κ3) is 6.47. The number of allylic oxidation sites excluding steroid dienone is 1. The molecule has 2 N–H and O–H groups in total. The Morgan fingerprint density at radius 3 is 2.59 bits per heavy atom. The summed E-state index contributed by atoms with van der Waals surface area (Å²) in [5.41, 5.74) is 0.613. The lowest BCUT2D eigenvalue weighted by Crippen LogP contribution is -2.28. The van der Waals surface area contributed by atoms with Crippen LogP contribution < -0.4 is 5.32 Å². The lowest BCUT2D eigenvalue weighted by Gasteiger charge is -2.08. The number of ether oxygens (including phenoxy) is 2. The van der Waals surface area contributed by atoms with E-state index in [1.54, 1.807) is 12.1 Å². The van der Waals surface area contributed by atoms with E-state index >= 15 is 0 Å². The van der Waals surface area contributed by atoms with Crippen LogP contribution in [0.25, 0.3) is 0 Å². The van der Waals surface area contributed by atoms with Crippen molar-refractivity contribution in [1.29, 1.82) is 0 Å². The molecule has 1 unspecified atom stereocenters. The Bertz CT molecular complexity index is 558. The maximum Gasteiger partial charge on any atom is 0.412 e. The molecular formula is C14H17NO6P+. The second-order valence-electron chi connectivity index (χ2n) is 4.10. The number of amides is 1. The zero-order valence-electron chi connectivity index (χ0n) is 12.0. The Morgan fingerprint density at radius 2 is 2.00 bits per heavy atom. The number of rotatable bonds is 7. The fourth-order valence-electron chi connectivity index (χ4n) is 1.42. The summed E-state index contributed by atoms with van der Waals surface area (Å²) in [5.74, 6) is -0.794. The van der Waals surface area contributed by atoms with E-state index in [1.807, 2.05) is 18.2 Å². The van der Waals surface area contributed by atoms with Crippen molar-refractivity contribution >= 4 is 19.9 Å². The Labute approximate surface area is 128 Å². The molecule has 1 rings (SSSR count). The van der Waals surface area contributed by atoms with Crippen molar-refractivity contribution in [3.8, 4) is 0 Å². The molecule has 22 heavy (non-hydrogen) atoms. The van der Waals surface area contributed by atoms with Gasteiger partial charge < -0.3 is 14.6 Å². The number of aliphatic hydroxyl groups excluding tert-OH is 1. The Balaban J connectivity index is 2.59. The summed E-state index contributed by atoms with van der Waals surface area (Å²) in [6.45, 7) is 0.0476. The van der Waals surface area contributed by atoms with Gasteiger partial charge in [0.05, 0.1) is 7.11 Å². The van der Waals surface area contributed by atoms with Crippen LogP contribution in [0.2, 0.25) is 0 Å². The van der Waals surface area contributed by atoms with Gasteiger partial charge in [-0.2, -0.15) is 0 Å². The van der Waals surface area contributed by atoms with Crippen LogP contribution in [0.5, 0.6) is 0 Å². The average Bonchev–Trinajstić information content (AvgIpc) is 2.56. The number of esters is 1. The number of carbonyl (C=O) groups excluding carboxylic acids is 2. The van der Waals surface area contributed by atoms with E-state index in [-0.39, 0.29) is 18.5 Å². The first-order chi connectivity index (χ1) is 10.6. The summed E-state index contributed by atoms with van der Waals surface area (Å²) in [6, 6.07) is 9.03. The molecule has 0 aromatic heterocycles. The topological polar surface area (TPSA) is 102 Å². The highest BCUT2D eigenvalue weighted by atomic mass is 31.1. The summed E-state index contributed by atoms with van der Waals surface area (Å²) in [5, 5.41) is 10.9. The third-order valence-electron chi connectivity index (χ3n) is 2.51. The zero-order valence-corrected chi connectivity index (χ0v) is 12.9. The second-order valence-corrected chi connectivity index (χ2v) is 5.71. The number of hydrogen-bond acceptors (Lipinski definition) is 6. The fourth-order valence-corrected chi connectivity index (χ4v) is 1.92. The van der Waals surface area contributed by atoms with E-state index in [4.69, 9.17) is 9.84 Å². The molecular weight excluding hydrogens is 309 g/mol. The van der Waals surface area contributed by atoms with Crippen LogP contribution in [0.4, 0.5) is 4.79 Å². The summed E-state index contributed by atoms with van der Waals surface area (Å²) in [7, 11) is -0.728. The smallest absolute Gasteiger partial charge is 0.412 e. The third-order valence-corrected chi connectivity index (χ3v) is 3.42. The first-order valence-corrected chi connectivity index (χ1v) is 7.99. The molecule has 0 bridgehead atoms. The molecule has 0 saturated heterocycles. The number of benzene rings is 1. The van der Waals surface area contributed by atoms with E-state index in [0.717, 1.165) is 12.7 Å². The van der Waals surface area contributed by atoms with E-state index in [0.29, 0.717) is 0 Å². The lowest BCUT2D eigenvalue weighted by molar-refractivity contribution is -0.136. The van der Waals surface area contributed by atoms with Crippen molar-refractivity contribution in [3.63, 3.8) is 0 Å². The minimum Gasteiger partial charge on any atom is -0.464 e. The molecule has 1 aromatic rings. The first kappa shape index (κ1) is 17.8. The highest BCUT2D eigenvalue weighted by Gasteiger charge is 2.18. The molecule has 0 fully saturated rings. The van der Waals surface area contributed by atoms with Gasteiger partial charge in [-0.15, -0.1) is 0 Å². The summed E-state index contributed by atoms with van der Waals surface area (Å²) < 4.78 is 20.7. The van der Waals surface area contributed by atoms with Gasteiger partial charge in [-0.3, -0.25) is 5.32 Å². The molecule has 0 heterocycles. The van der Waals surface area contributed by atoms with Crippen molar-refractivity contribution in [3.05, 3.63) is 47.7 Å². The first-order valence-electron chi connectivity index (χ1n) is 6.36. The summed E-state index contributed by atoms with van der Waals surface area (Å²) in [6.07, 6.45) is -0.168. The molecule has 0 aliphatic rings. The van der Waals surface area contributed by atoms with Crippen molar-refractivity contribution in [2.24, 2.45) is 0 Å².